The molecule has 13 heavy (non-hydrogen) atoms. The summed E-state index contributed by atoms with van der Waals surface area (Å²) in [4.78, 5) is 2.67. The van der Waals surface area contributed by atoms with E-state index in [1.807, 2.05) is 0 Å². The van der Waals surface area contributed by atoms with Gasteiger partial charge in [0.1, 0.15) is 0 Å². The molecule has 76 valence electrons. The van der Waals surface area contributed by atoms with Crippen LogP contribution in [0.1, 0.15) is 39.5 Å². The largest absolute Gasteiger partial charge is 0.302 e. The summed E-state index contributed by atoms with van der Waals surface area (Å²) in [7, 11) is 0. The molecule has 0 aromatic heterocycles. The van der Waals surface area contributed by atoms with Crippen molar-refractivity contribution in [2.45, 2.75) is 39.5 Å². The van der Waals surface area contributed by atoms with Crippen molar-refractivity contribution >= 4 is 0 Å². The molecule has 1 aliphatic heterocycles. The fourth-order valence-electron chi connectivity index (χ4n) is 2.74. The van der Waals surface area contributed by atoms with Gasteiger partial charge in [-0.3, -0.25) is 0 Å². The summed E-state index contributed by atoms with van der Waals surface area (Å²) in [5, 5.41) is 0. The smallest absolute Gasteiger partial charge is 0.00246 e. The van der Waals surface area contributed by atoms with E-state index < -0.39 is 0 Å². The maximum Gasteiger partial charge on any atom is 0.00246 e. The minimum Gasteiger partial charge on any atom is -0.302 e. The topological polar surface area (TPSA) is 3.24 Å². The van der Waals surface area contributed by atoms with Crippen molar-refractivity contribution in [1.29, 1.82) is 0 Å². The first-order chi connectivity index (χ1) is 6.25. The molecule has 0 bridgehead atoms. The minimum absolute atomic E-state index is 0.903. The zero-order valence-corrected chi connectivity index (χ0v) is 9.13. The van der Waals surface area contributed by atoms with Crippen molar-refractivity contribution < 1.29 is 0 Å². The Kier molecular flexibility index (Phi) is 2.92. The fourth-order valence-corrected chi connectivity index (χ4v) is 2.74. The van der Waals surface area contributed by atoms with E-state index in [1.165, 1.54) is 45.3 Å². The summed E-state index contributed by atoms with van der Waals surface area (Å²) in [5.41, 5.74) is 0. The average molecular weight is 181 g/mol. The number of hydrogen-bond donors (Lipinski definition) is 0. The van der Waals surface area contributed by atoms with Crippen LogP contribution in [0.4, 0.5) is 0 Å². The Labute approximate surface area is 82.5 Å². The van der Waals surface area contributed by atoms with Gasteiger partial charge in [0.05, 0.1) is 0 Å². The minimum atomic E-state index is 0.903. The first kappa shape index (κ1) is 9.51. The maximum atomic E-state index is 2.67. The van der Waals surface area contributed by atoms with Crippen LogP contribution in [-0.2, 0) is 0 Å². The lowest BCUT2D eigenvalue weighted by Crippen LogP contribution is -2.50. The van der Waals surface area contributed by atoms with Crippen LogP contribution in [0.3, 0.4) is 0 Å². The molecule has 1 heterocycles. The van der Waals surface area contributed by atoms with Gasteiger partial charge in [0.15, 0.2) is 0 Å². The molecule has 1 nitrogen and oxygen atoms in total. The molecule has 2 fully saturated rings. The van der Waals surface area contributed by atoms with Crippen LogP contribution < -0.4 is 0 Å². The number of hydrogen-bond acceptors (Lipinski definition) is 1. The molecule has 1 saturated carbocycles. The van der Waals surface area contributed by atoms with E-state index in [4.69, 9.17) is 0 Å². The van der Waals surface area contributed by atoms with Crippen molar-refractivity contribution in [3.05, 3.63) is 0 Å². The summed E-state index contributed by atoms with van der Waals surface area (Å²) >= 11 is 0. The molecule has 2 rings (SSSR count). The van der Waals surface area contributed by atoms with E-state index in [9.17, 15) is 0 Å². The second-order valence-electron chi connectivity index (χ2n) is 5.37. The second-order valence-corrected chi connectivity index (χ2v) is 5.37. The van der Waals surface area contributed by atoms with Crippen LogP contribution in [-0.4, -0.2) is 24.5 Å². The van der Waals surface area contributed by atoms with Crippen LogP contribution in [0, 0.1) is 17.8 Å². The van der Waals surface area contributed by atoms with E-state index in [-0.39, 0.29) is 0 Å². The molecule has 1 aliphatic carbocycles. The van der Waals surface area contributed by atoms with Crippen molar-refractivity contribution in [2.75, 3.05) is 19.6 Å². The lowest BCUT2D eigenvalue weighted by molar-refractivity contribution is 0.0541. The molecular weight excluding hydrogens is 158 g/mol. The first-order valence-electron chi connectivity index (χ1n) is 5.98. The van der Waals surface area contributed by atoms with E-state index in [1.54, 1.807) is 0 Å². The summed E-state index contributed by atoms with van der Waals surface area (Å²) in [5.74, 6) is 2.95. The van der Waals surface area contributed by atoms with E-state index in [2.05, 4.69) is 18.7 Å². The molecule has 0 spiro atoms. The molecule has 0 unspecified atom stereocenters. The van der Waals surface area contributed by atoms with Gasteiger partial charge in [-0.2, -0.15) is 0 Å². The Morgan fingerprint density at radius 3 is 2.31 bits per heavy atom. The standard InChI is InChI=1S/C12H23N/c1-10(2)12-8-13(9-12)7-11-5-3-4-6-11/h10-12H,3-9H2,1-2H3. The summed E-state index contributed by atoms with van der Waals surface area (Å²) in [6.07, 6.45) is 5.99. The van der Waals surface area contributed by atoms with Gasteiger partial charge in [0.25, 0.3) is 0 Å². The van der Waals surface area contributed by atoms with Crippen molar-refractivity contribution in [3.8, 4) is 0 Å². The molecule has 1 heteroatoms. The van der Waals surface area contributed by atoms with Crippen molar-refractivity contribution in [3.63, 3.8) is 0 Å². The summed E-state index contributed by atoms with van der Waals surface area (Å²) in [6, 6.07) is 0. The highest BCUT2D eigenvalue weighted by molar-refractivity contribution is 4.84. The zero-order chi connectivity index (χ0) is 9.26. The van der Waals surface area contributed by atoms with Crippen LogP contribution in [0.15, 0.2) is 0 Å². The molecule has 0 aromatic rings. The third kappa shape index (κ3) is 2.25. The third-order valence-electron chi connectivity index (χ3n) is 3.92. The Morgan fingerprint density at radius 2 is 1.77 bits per heavy atom. The molecular formula is C12H23N. The highest BCUT2D eigenvalue weighted by Crippen LogP contribution is 2.29. The Morgan fingerprint density at radius 1 is 1.15 bits per heavy atom. The predicted octanol–water partition coefficient (Wildman–Crippen LogP) is 2.76. The number of nitrogens with zero attached hydrogens (tertiary/aromatic N) is 1. The predicted molar refractivity (Wildman–Crippen MR) is 56.7 cm³/mol. The van der Waals surface area contributed by atoms with Crippen LogP contribution >= 0.6 is 0 Å². The number of likely N-dealkylation sites (tertiary alicyclic amines) is 1. The Balaban J connectivity index is 1.63. The van der Waals surface area contributed by atoms with Crippen molar-refractivity contribution in [2.24, 2.45) is 17.8 Å². The SMILES string of the molecule is CC(C)C1CN(CC2CCCC2)C1. The van der Waals surface area contributed by atoms with Crippen LogP contribution in [0.2, 0.25) is 0 Å². The van der Waals surface area contributed by atoms with E-state index >= 15 is 0 Å². The van der Waals surface area contributed by atoms with Crippen LogP contribution in [0.5, 0.6) is 0 Å². The van der Waals surface area contributed by atoms with Gasteiger partial charge in [0.2, 0.25) is 0 Å². The molecule has 0 aromatic carbocycles. The van der Waals surface area contributed by atoms with Crippen molar-refractivity contribution in [1.82, 2.24) is 4.90 Å². The van der Waals surface area contributed by atoms with Gasteiger partial charge in [-0.15, -0.1) is 0 Å². The lowest BCUT2D eigenvalue weighted by atomic mass is 9.87. The average Bonchev–Trinajstić information content (AvgIpc) is 2.46. The van der Waals surface area contributed by atoms with Gasteiger partial charge in [-0.1, -0.05) is 26.7 Å². The van der Waals surface area contributed by atoms with Gasteiger partial charge >= 0.3 is 0 Å². The second kappa shape index (κ2) is 4.00. The molecule has 2 aliphatic rings. The maximum absolute atomic E-state index is 2.67. The van der Waals surface area contributed by atoms with E-state index in [0.717, 1.165) is 17.8 Å². The molecule has 0 atom stereocenters. The fraction of sp³-hybridized carbons (Fsp3) is 1.00. The Hall–Kier alpha value is -0.0400. The molecule has 0 N–H and O–H groups in total. The quantitative estimate of drug-likeness (QED) is 0.647. The van der Waals surface area contributed by atoms with E-state index in [0.29, 0.717) is 0 Å². The zero-order valence-electron chi connectivity index (χ0n) is 9.13. The molecule has 0 radical (unpaired) electrons. The van der Waals surface area contributed by atoms with Gasteiger partial charge in [-0.05, 0) is 30.6 Å². The first-order valence-corrected chi connectivity index (χ1v) is 5.98. The van der Waals surface area contributed by atoms with Crippen LogP contribution in [0.25, 0.3) is 0 Å². The molecule has 1 saturated heterocycles. The highest BCUT2D eigenvalue weighted by Gasteiger charge is 2.30. The monoisotopic (exact) mass is 181 g/mol. The summed E-state index contributed by atoms with van der Waals surface area (Å²) < 4.78 is 0. The molecule has 0 amide bonds. The highest BCUT2D eigenvalue weighted by atomic mass is 15.2. The van der Waals surface area contributed by atoms with Gasteiger partial charge in [0, 0.05) is 19.6 Å². The Bertz CT molecular complexity index is 153. The number of rotatable bonds is 3. The van der Waals surface area contributed by atoms with Gasteiger partial charge < -0.3 is 4.90 Å². The normalized spacial score (nSPS) is 27.0. The lowest BCUT2D eigenvalue weighted by Gasteiger charge is -2.42. The summed E-state index contributed by atoms with van der Waals surface area (Å²) in [6.45, 7) is 8.89. The van der Waals surface area contributed by atoms with Gasteiger partial charge in [-0.25, -0.2) is 0 Å². The third-order valence-corrected chi connectivity index (χ3v) is 3.92.